The maximum absolute atomic E-state index is 9.81. The van der Waals surface area contributed by atoms with Gasteiger partial charge in [0.2, 0.25) is 0 Å². The summed E-state index contributed by atoms with van der Waals surface area (Å²) in [5.41, 5.74) is 3.60. The van der Waals surface area contributed by atoms with Gasteiger partial charge >= 0.3 is 0 Å². The minimum atomic E-state index is 0.581. The number of hydrogen-bond acceptors (Lipinski definition) is 3. The van der Waals surface area contributed by atoms with E-state index in [1.807, 2.05) is 53.9 Å². The van der Waals surface area contributed by atoms with E-state index in [9.17, 15) is 5.26 Å². The van der Waals surface area contributed by atoms with Crippen molar-refractivity contribution in [1.82, 2.24) is 4.98 Å². The lowest BCUT2D eigenvalue weighted by atomic mass is 10.0. The SMILES string of the molecule is N#C/C(=C\c1cccc2ccccc12)c1nc(-c2cccc3ccccc23)cs1. The number of nitriles is 1. The lowest BCUT2D eigenvalue weighted by Gasteiger charge is -2.04. The highest BCUT2D eigenvalue weighted by Gasteiger charge is 2.11. The van der Waals surface area contributed by atoms with Crippen LogP contribution in [0.5, 0.6) is 0 Å². The lowest BCUT2D eigenvalue weighted by molar-refractivity contribution is 1.38. The second kappa shape index (κ2) is 7.35. The van der Waals surface area contributed by atoms with E-state index in [0.717, 1.165) is 32.6 Å². The fourth-order valence-electron chi connectivity index (χ4n) is 3.64. The fraction of sp³-hybridized carbons (Fsp3) is 0. The van der Waals surface area contributed by atoms with E-state index >= 15 is 0 Å². The van der Waals surface area contributed by atoms with E-state index in [0.29, 0.717) is 5.57 Å². The molecule has 0 saturated heterocycles. The molecule has 0 fully saturated rings. The largest absolute Gasteiger partial charge is 0.235 e. The number of thiazole rings is 1. The smallest absolute Gasteiger partial charge is 0.134 e. The molecule has 5 aromatic rings. The van der Waals surface area contributed by atoms with Gasteiger partial charge in [0.1, 0.15) is 11.1 Å². The minimum absolute atomic E-state index is 0.581. The molecule has 0 amide bonds. The molecule has 3 heteroatoms. The number of benzene rings is 4. The van der Waals surface area contributed by atoms with Gasteiger partial charge < -0.3 is 0 Å². The van der Waals surface area contributed by atoms with Gasteiger partial charge in [-0.2, -0.15) is 5.26 Å². The number of fused-ring (bicyclic) bond motifs is 2. The molecular formula is C26H16N2S. The summed E-state index contributed by atoms with van der Waals surface area (Å²) in [5, 5.41) is 17.2. The van der Waals surface area contributed by atoms with Gasteiger partial charge in [0.25, 0.3) is 0 Å². The van der Waals surface area contributed by atoms with Crippen molar-refractivity contribution in [3.05, 3.63) is 101 Å². The Kier molecular flexibility index (Phi) is 4.40. The van der Waals surface area contributed by atoms with Crippen LogP contribution < -0.4 is 0 Å². The molecule has 5 rings (SSSR count). The molecule has 0 spiro atoms. The van der Waals surface area contributed by atoms with Crippen LogP contribution in [-0.4, -0.2) is 4.98 Å². The summed E-state index contributed by atoms with van der Waals surface area (Å²) in [6.45, 7) is 0. The Balaban J connectivity index is 1.60. The zero-order valence-corrected chi connectivity index (χ0v) is 16.4. The lowest BCUT2D eigenvalue weighted by Crippen LogP contribution is -1.85. The van der Waals surface area contributed by atoms with Crippen LogP contribution in [0.1, 0.15) is 10.6 Å². The first-order valence-electron chi connectivity index (χ1n) is 9.37. The van der Waals surface area contributed by atoms with Gasteiger partial charge in [-0.1, -0.05) is 84.9 Å². The summed E-state index contributed by atoms with van der Waals surface area (Å²) in [4.78, 5) is 4.81. The number of hydrogen-bond donors (Lipinski definition) is 0. The molecule has 0 unspecified atom stereocenters. The number of rotatable bonds is 3. The first-order valence-corrected chi connectivity index (χ1v) is 10.2. The molecular weight excluding hydrogens is 372 g/mol. The Bertz CT molecular complexity index is 1410. The second-order valence-electron chi connectivity index (χ2n) is 6.80. The molecule has 0 aliphatic rings. The van der Waals surface area contributed by atoms with Crippen LogP contribution in [0.3, 0.4) is 0 Å². The van der Waals surface area contributed by atoms with E-state index in [-0.39, 0.29) is 0 Å². The first-order chi connectivity index (χ1) is 14.3. The quantitative estimate of drug-likeness (QED) is 0.307. The number of nitrogens with zero attached hydrogens (tertiary/aromatic N) is 2. The van der Waals surface area contributed by atoms with Crippen molar-refractivity contribution in [2.24, 2.45) is 0 Å². The van der Waals surface area contributed by atoms with Crippen LogP contribution in [0.15, 0.2) is 90.3 Å². The summed E-state index contributed by atoms with van der Waals surface area (Å²) in [5.74, 6) is 0. The van der Waals surface area contributed by atoms with Crippen molar-refractivity contribution >= 4 is 44.5 Å². The third-order valence-corrected chi connectivity index (χ3v) is 5.92. The third-order valence-electron chi connectivity index (χ3n) is 5.04. The third kappa shape index (κ3) is 3.20. The average Bonchev–Trinajstić information content (AvgIpc) is 3.27. The Morgan fingerprint density at radius 1 is 0.793 bits per heavy atom. The predicted octanol–water partition coefficient (Wildman–Crippen LogP) is 7.18. The van der Waals surface area contributed by atoms with Crippen molar-refractivity contribution in [3.63, 3.8) is 0 Å². The molecule has 0 N–H and O–H groups in total. The summed E-state index contributed by atoms with van der Waals surface area (Å²) in [6, 6.07) is 31.2. The molecule has 0 bridgehead atoms. The minimum Gasteiger partial charge on any atom is -0.235 e. The molecule has 0 aliphatic heterocycles. The normalized spacial score (nSPS) is 11.6. The standard InChI is InChI=1S/C26H16N2S/c27-16-21(15-20-11-5-9-18-7-1-3-12-22(18)20)26-28-25(17-29-26)24-14-6-10-19-8-2-4-13-23(19)24/h1-15,17H/b21-15+. The van der Waals surface area contributed by atoms with Crippen LogP contribution >= 0.6 is 11.3 Å². The molecule has 1 aromatic heterocycles. The Morgan fingerprint density at radius 3 is 2.24 bits per heavy atom. The molecule has 2 nitrogen and oxygen atoms in total. The molecule has 0 aliphatic carbocycles. The molecule has 136 valence electrons. The molecule has 0 atom stereocenters. The predicted molar refractivity (Wildman–Crippen MR) is 122 cm³/mol. The van der Waals surface area contributed by atoms with Crippen LogP contribution in [0.2, 0.25) is 0 Å². The first kappa shape index (κ1) is 17.4. The maximum Gasteiger partial charge on any atom is 0.134 e. The van der Waals surface area contributed by atoms with Crippen LogP contribution in [0.25, 0.3) is 44.5 Å². The summed E-state index contributed by atoms with van der Waals surface area (Å²) in [6.07, 6.45) is 1.94. The van der Waals surface area contributed by atoms with Crippen molar-refractivity contribution < 1.29 is 0 Å². The molecule has 1 heterocycles. The summed E-state index contributed by atoms with van der Waals surface area (Å²) < 4.78 is 0. The zero-order chi connectivity index (χ0) is 19.6. The highest BCUT2D eigenvalue weighted by Crippen LogP contribution is 2.32. The van der Waals surface area contributed by atoms with Gasteiger partial charge in [-0.05, 0) is 33.2 Å². The van der Waals surface area contributed by atoms with Crippen LogP contribution in [0, 0.1) is 11.3 Å². The molecule has 0 radical (unpaired) electrons. The Morgan fingerprint density at radius 2 is 1.45 bits per heavy atom. The topological polar surface area (TPSA) is 36.7 Å². The van der Waals surface area contributed by atoms with E-state index in [1.54, 1.807) is 0 Å². The van der Waals surface area contributed by atoms with Crippen LogP contribution in [0.4, 0.5) is 0 Å². The zero-order valence-electron chi connectivity index (χ0n) is 15.5. The van der Waals surface area contributed by atoms with E-state index in [4.69, 9.17) is 4.98 Å². The van der Waals surface area contributed by atoms with Gasteiger partial charge in [0.05, 0.1) is 11.3 Å². The van der Waals surface area contributed by atoms with Crippen molar-refractivity contribution in [2.45, 2.75) is 0 Å². The summed E-state index contributed by atoms with van der Waals surface area (Å²) >= 11 is 1.51. The number of allylic oxidation sites excluding steroid dienone is 1. The monoisotopic (exact) mass is 388 g/mol. The molecule has 29 heavy (non-hydrogen) atoms. The van der Waals surface area contributed by atoms with E-state index in [2.05, 4.69) is 48.5 Å². The molecule has 4 aromatic carbocycles. The fourth-order valence-corrected chi connectivity index (χ4v) is 4.43. The van der Waals surface area contributed by atoms with Crippen molar-refractivity contribution in [2.75, 3.05) is 0 Å². The van der Waals surface area contributed by atoms with Gasteiger partial charge in [0.15, 0.2) is 0 Å². The van der Waals surface area contributed by atoms with Gasteiger partial charge in [-0.25, -0.2) is 4.98 Å². The van der Waals surface area contributed by atoms with Crippen LogP contribution in [-0.2, 0) is 0 Å². The van der Waals surface area contributed by atoms with Gasteiger partial charge in [-0.3, -0.25) is 0 Å². The van der Waals surface area contributed by atoms with Gasteiger partial charge in [0, 0.05) is 10.9 Å². The Labute approximate surface area is 173 Å². The molecule has 0 saturated carbocycles. The Hall–Kier alpha value is -3.74. The highest BCUT2D eigenvalue weighted by molar-refractivity contribution is 7.11. The summed E-state index contributed by atoms with van der Waals surface area (Å²) in [7, 11) is 0. The highest BCUT2D eigenvalue weighted by atomic mass is 32.1. The number of aromatic nitrogens is 1. The van der Waals surface area contributed by atoms with Gasteiger partial charge in [-0.15, -0.1) is 11.3 Å². The second-order valence-corrected chi connectivity index (χ2v) is 7.66. The van der Waals surface area contributed by atoms with Crippen molar-refractivity contribution in [3.8, 4) is 17.3 Å². The van der Waals surface area contributed by atoms with Crippen molar-refractivity contribution in [1.29, 1.82) is 5.26 Å². The van der Waals surface area contributed by atoms with E-state index < -0.39 is 0 Å². The maximum atomic E-state index is 9.81. The average molecular weight is 388 g/mol. The van der Waals surface area contributed by atoms with E-state index in [1.165, 1.54) is 22.1 Å².